The lowest BCUT2D eigenvalue weighted by atomic mass is 10.1. The van der Waals surface area contributed by atoms with Gasteiger partial charge in [-0.15, -0.1) is 11.3 Å². The molecule has 2 aromatic rings. The molecule has 2 N–H and O–H groups in total. The van der Waals surface area contributed by atoms with Gasteiger partial charge in [0.15, 0.2) is 0 Å². The number of hydrogen-bond donors (Lipinski definition) is 2. The van der Waals surface area contributed by atoms with Crippen molar-refractivity contribution in [3.8, 4) is 0 Å². The Bertz CT molecular complexity index is 674. The Hall–Kier alpha value is -2.14. The fraction of sp³-hybridized carbons (Fsp3) is 0.294. The summed E-state index contributed by atoms with van der Waals surface area (Å²) >= 11 is 1.46. The fourth-order valence-electron chi connectivity index (χ4n) is 2.12. The molecule has 1 aromatic carbocycles. The van der Waals surface area contributed by atoms with Gasteiger partial charge in [0.2, 0.25) is 0 Å². The first kappa shape index (κ1) is 16.2. The summed E-state index contributed by atoms with van der Waals surface area (Å²) in [6.45, 7) is 6.10. The molecule has 2 amide bonds. The quantitative estimate of drug-likeness (QED) is 0.851. The second-order valence-corrected chi connectivity index (χ2v) is 6.17. The van der Waals surface area contributed by atoms with Gasteiger partial charge < -0.3 is 0 Å². The largest absolute Gasteiger partial charge is 0.279 e. The van der Waals surface area contributed by atoms with Crippen LogP contribution in [0.2, 0.25) is 0 Å². The molecule has 1 aromatic heterocycles. The molecule has 0 unspecified atom stereocenters. The molecule has 0 saturated heterocycles. The number of hydrogen-bond acceptors (Lipinski definition) is 3. The molecule has 0 saturated carbocycles. The molecule has 0 atom stereocenters. The molecule has 2 rings (SSSR count). The molecule has 0 aliphatic heterocycles. The van der Waals surface area contributed by atoms with Crippen molar-refractivity contribution >= 4 is 23.2 Å². The van der Waals surface area contributed by atoms with Crippen LogP contribution in [0.1, 0.15) is 49.9 Å². The number of rotatable bonds is 4. The van der Waals surface area contributed by atoms with Gasteiger partial charge >= 0.3 is 0 Å². The predicted molar refractivity (Wildman–Crippen MR) is 89.2 cm³/mol. The Morgan fingerprint density at radius 2 is 1.64 bits per heavy atom. The van der Waals surface area contributed by atoms with E-state index in [9.17, 15) is 9.59 Å². The van der Waals surface area contributed by atoms with Crippen LogP contribution in [0.4, 0.5) is 0 Å². The molecule has 0 aliphatic carbocycles. The van der Waals surface area contributed by atoms with E-state index in [-0.39, 0.29) is 11.8 Å². The number of carbonyl (C=O) groups excluding carboxylic acids is 2. The smallest absolute Gasteiger partial charge is 0.267 e. The number of aryl methyl sites for hydroxylation is 3. The molecule has 0 fully saturated rings. The SMILES string of the molecule is CCc1ccc(C(=O)NNC(=O)c2cc(C)c(CC)s2)cc1. The molecule has 0 aliphatic rings. The minimum atomic E-state index is -0.319. The first-order valence-corrected chi connectivity index (χ1v) is 8.15. The Labute approximate surface area is 134 Å². The van der Waals surface area contributed by atoms with Crippen LogP contribution in [0.15, 0.2) is 30.3 Å². The van der Waals surface area contributed by atoms with Gasteiger partial charge in [-0.05, 0) is 49.1 Å². The van der Waals surface area contributed by atoms with E-state index in [0.29, 0.717) is 10.4 Å². The Kier molecular flexibility index (Phi) is 5.33. The van der Waals surface area contributed by atoms with E-state index in [1.54, 1.807) is 12.1 Å². The van der Waals surface area contributed by atoms with Crippen molar-refractivity contribution in [3.63, 3.8) is 0 Å². The Balaban J connectivity index is 1.96. The van der Waals surface area contributed by atoms with Crippen LogP contribution in [0.25, 0.3) is 0 Å². The van der Waals surface area contributed by atoms with E-state index in [1.165, 1.54) is 21.8 Å². The predicted octanol–water partition coefficient (Wildman–Crippen LogP) is 3.26. The van der Waals surface area contributed by atoms with Gasteiger partial charge in [-0.2, -0.15) is 0 Å². The highest BCUT2D eigenvalue weighted by atomic mass is 32.1. The maximum Gasteiger partial charge on any atom is 0.279 e. The van der Waals surface area contributed by atoms with Crippen LogP contribution in [0.3, 0.4) is 0 Å². The molecule has 4 nitrogen and oxygen atoms in total. The van der Waals surface area contributed by atoms with E-state index in [0.717, 1.165) is 18.4 Å². The van der Waals surface area contributed by atoms with Crippen molar-refractivity contribution in [2.24, 2.45) is 0 Å². The van der Waals surface area contributed by atoms with Crippen LogP contribution in [-0.4, -0.2) is 11.8 Å². The second kappa shape index (κ2) is 7.22. The highest BCUT2D eigenvalue weighted by Gasteiger charge is 2.13. The monoisotopic (exact) mass is 316 g/mol. The van der Waals surface area contributed by atoms with Crippen LogP contribution in [0, 0.1) is 6.92 Å². The van der Waals surface area contributed by atoms with Gasteiger partial charge in [-0.25, -0.2) is 0 Å². The third-order valence-corrected chi connectivity index (χ3v) is 4.86. The molecule has 1 heterocycles. The summed E-state index contributed by atoms with van der Waals surface area (Å²) in [5.74, 6) is -0.605. The van der Waals surface area contributed by atoms with Crippen molar-refractivity contribution in [2.45, 2.75) is 33.6 Å². The minimum absolute atomic E-state index is 0.286. The van der Waals surface area contributed by atoms with E-state index in [2.05, 4.69) is 24.7 Å². The lowest BCUT2D eigenvalue weighted by molar-refractivity contribution is 0.0849. The van der Waals surface area contributed by atoms with Crippen molar-refractivity contribution in [3.05, 3.63) is 56.8 Å². The highest BCUT2D eigenvalue weighted by Crippen LogP contribution is 2.21. The van der Waals surface area contributed by atoms with Crippen molar-refractivity contribution < 1.29 is 9.59 Å². The lowest BCUT2D eigenvalue weighted by Crippen LogP contribution is -2.41. The summed E-state index contributed by atoms with van der Waals surface area (Å²) in [6, 6.07) is 9.18. The topological polar surface area (TPSA) is 58.2 Å². The number of carbonyl (C=O) groups is 2. The van der Waals surface area contributed by atoms with Crippen LogP contribution < -0.4 is 10.9 Å². The van der Waals surface area contributed by atoms with Gasteiger partial charge in [-0.3, -0.25) is 20.4 Å². The van der Waals surface area contributed by atoms with E-state index in [4.69, 9.17) is 0 Å². The second-order valence-electron chi connectivity index (χ2n) is 5.03. The molecule has 5 heteroatoms. The van der Waals surface area contributed by atoms with Crippen molar-refractivity contribution in [1.82, 2.24) is 10.9 Å². The third-order valence-electron chi connectivity index (χ3n) is 3.48. The summed E-state index contributed by atoms with van der Waals surface area (Å²) in [5.41, 5.74) is 7.71. The number of amides is 2. The summed E-state index contributed by atoms with van der Waals surface area (Å²) < 4.78 is 0. The lowest BCUT2D eigenvalue weighted by Gasteiger charge is -2.06. The van der Waals surface area contributed by atoms with Crippen LogP contribution in [-0.2, 0) is 12.8 Å². The number of thiophene rings is 1. The van der Waals surface area contributed by atoms with Gasteiger partial charge in [0.25, 0.3) is 11.8 Å². The van der Waals surface area contributed by atoms with Gasteiger partial charge in [0.1, 0.15) is 0 Å². The molecule has 22 heavy (non-hydrogen) atoms. The average Bonchev–Trinajstić information content (AvgIpc) is 2.93. The number of benzene rings is 1. The minimum Gasteiger partial charge on any atom is -0.267 e. The first-order valence-electron chi connectivity index (χ1n) is 7.34. The first-order chi connectivity index (χ1) is 10.5. The van der Waals surface area contributed by atoms with Gasteiger partial charge in [0, 0.05) is 10.4 Å². The Morgan fingerprint density at radius 1 is 1.00 bits per heavy atom. The van der Waals surface area contributed by atoms with Gasteiger partial charge in [0.05, 0.1) is 4.88 Å². The van der Waals surface area contributed by atoms with Crippen molar-refractivity contribution in [1.29, 1.82) is 0 Å². The molecular weight excluding hydrogens is 296 g/mol. The number of hydrazine groups is 1. The average molecular weight is 316 g/mol. The Morgan fingerprint density at radius 3 is 2.18 bits per heavy atom. The zero-order valence-corrected chi connectivity index (χ0v) is 13.8. The fourth-order valence-corrected chi connectivity index (χ4v) is 3.13. The molecule has 116 valence electrons. The van der Waals surface area contributed by atoms with Crippen LogP contribution >= 0.6 is 11.3 Å². The maximum absolute atomic E-state index is 12.0. The van der Waals surface area contributed by atoms with Crippen molar-refractivity contribution in [2.75, 3.05) is 0 Å². The number of nitrogens with one attached hydrogen (secondary N) is 2. The normalized spacial score (nSPS) is 10.3. The highest BCUT2D eigenvalue weighted by molar-refractivity contribution is 7.14. The third kappa shape index (κ3) is 3.74. The summed E-state index contributed by atoms with van der Waals surface area (Å²) in [5, 5.41) is 0. The van der Waals surface area contributed by atoms with E-state index < -0.39 is 0 Å². The molecular formula is C17H20N2O2S. The summed E-state index contributed by atoms with van der Waals surface area (Å²) in [6.07, 6.45) is 1.83. The van der Waals surface area contributed by atoms with Crippen LogP contribution in [0.5, 0.6) is 0 Å². The zero-order chi connectivity index (χ0) is 16.1. The van der Waals surface area contributed by atoms with Gasteiger partial charge in [-0.1, -0.05) is 26.0 Å². The standard InChI is InChI=1S/C17H20N2O2S/c1-4-12-6-8-13(9-7-12)16(20)18-19-17(21)15-10-11(3)14(5-2)22-15/h6-10H,4-5H2,1-3H3,(H,18,20)(H,19,21). The van der Waals surface area contributed by atoms with E-state index >= 15 is 0 Å². The zero-order valence-electron chi connectivity index (χ0n) is 13.0. The molecule has 0 bridgehead atoms. The maximum atomic E-state index is 12.0. The molecule has 0 spiro atoms. The summed E-state index contributed by atoms with van der Waals surface area (Å²) in [4.78, 5) is 25.8. The molecule has 0 radical (unpaired) electrons. The summed E-state index contributed by atoms with van der Waals surface area (Å²) in [7, 11) is 0. The van der Waals surface area contributed by atoms with E-state index in [1.807, 2.05) is 25.1 Å².